The monoisotopic (exact) mass is 325 g/mol. The molecule has 2 fully saturated rings. The minimum Gasteiger partial charge on any atom is -0.389 e. The van der Waals surface area contributed by atoms with Gasteiger partial charge in [-0.3, -0.25) is 0 Å². The molecule has 3 heteroatoms. The summed E-state index contributed by atoms with van der Waals surface area (Å²) < 4.78 is 6.02. The first-order valence-electron chi connectivity index (χ1n) is 9.86. The van der Waals surface area contributed by atoms with Gasteiger partial charge in [0.1, 0.15) is 0 Å². The number of nitrogens with zero attached hydrogens (tertiary/aromatic N) is 1. The van der Waals surface area contributed by atoms with Crippen LogP contribution >= 0.6 is 0 Å². The van der Waals surface area contributed by atoms with Crippen molar-refractivity contribution in [2.45, 2.75) is 96.8 Å². The summed E-state index contributed by atoms with van der Waals surface area (Å²) in [6.45, 7) is 8.31. The van der Waals surface area contributed by atoms with Crippen molar-refractivity contribution in [1.29, 1.82) is 0 Å². The van der Waals surface area contributed by atoms with Crippen molar-refractivity contribution < 1.29 is 9.84 Å². The van der Waals surface area contributed by atoms with Gasteiger partial charge < -0.3 is 14.7 Å². The van der Waals surface area contributed by atoms with E-state index in [0.29, 0.717) is 24.2 Å². The van der Waals surface area contributed by atoms with Gasteiger partial charge in [-0.2, -0.15) is 0 Å². The molecular formula is C20H39NO2. The highest BCUT2D eigenvalue weighted by atomic mass is 16.5. The van der Waals surface area contributed by atoms with Gasteiger partial charge in [-0.15, -0.1) is 0 Å². The third kappa shape index (κ3) is 6.36. The van der Waals surface area contributed by atoms with Crippen LogP contribution in [-0.4, -0.2) is 48.5 Å². The summed E-state index contributed by atoms with van der Waals surface area (Å²) in [5.41, 5.74) is 0.424. The van der Waals surface area contributed by atoms with Crippen molar-refractivity contribution in [2.24, 2.45) is 11.3 Å². The summed E-state index contributed by atoms with van der Waals surface area (Å²) >= 11 is 0. The Bertz CT molecular complexity index is 325. The van der Waals surface area contributed by atoms with Crippen LogP contribution in [0.5, 0.6) is 0 Å². The normalized spacial score (nSPS) is 29.0. The van der Waals surface area contributed by atoms with Crippen LogP contribution in [0.25, 0.3) is 0 Å². The highest BCUT2D eigenvalue weighted by molar-refractivity contribution is 4.81. The van der Waals surface area contributed by atoms with Crippen LogP contribution < -0.4 is 0 Å². The molecule has 0 amide bonds. The maximum Gasteiger partial charge on any atom is 0.0900 e. The molecule has 0 aromatic rings. The molecule has 2 aliphatic carbocycles. The largest absolute Gasteiger partial charge is 0.389 e. The minimum absolute atomic E-state index is 0.345. The molecule has 3 nitrogen and oxygen atoms in total. The lowest BCUT2D eigenvalue weighted by molar-refractivity contribution is -0.0461. The molecule has 2 aliphatic rings. The zero-order valence-electron chi connectivity index (χ0n) is 15.9. The van der Waals surface area contributed by atoms with Crippen molar-refractivity contribution in [2.75, 3.05) is 20.2 Å². The van der Waals surface area contributed by atoms with Crippen molar-refractivity contribution >= 4 is 0 Å². The van der Waals surface area contributed by atoms with E-state index in [4.69, 9.17) is 4.74 Å². The molecule has 2 saturated carbocycles. The van der Waals surface area contributed by atoms with Gasteiger partial charge in [-0.05, 0) is 56.9 Å². The quantitative estimate of drug-likeness (QED) is 0.793. The lowest BCUT2D eigenvalue weighted by atomic mass is 9.72. The Hall–Kier alpha value is -0.120. The summed E-state index contributed by atoms with van der Waals surface area (Å²) in [4.78, 5) is 2.35. The summed E-state index contributed by atoms with van der Waals surface area (Å²) in [7, 11) is 2.16. The van der Waals surface area contributed by atoms with Crippen LogP contribution in [0, 0.1) is 11.3 Å². The zero-order chi connectivity index (χ0) is 16.9. The smallest absolute Gasteiger partial charge is 0.0900 e. The fourth-order valence-corrected chi connectivity index (χ4v) is 4.40. The van der Waals surface area contributed by atoms with Gasteiger partial charge in [0.05, 0.1) is 18.8 Å². The van der Waals surface area contributed by atoms with Gasteiger partial charge >= 0.3 is 0 Å². The van der Waals surface area contributed by atoms with Crippen LogP contribution in [0.3, 0.4) is 0 Å². The van der Waals surface area contributed by atoms with E-state index in [1.165, 1.54) is 44.9 Å². The fraction of sp³-hybridized carbons (Fsp3) is 1.00. The number of likely N-dealkylation sites (N-methyl/N-ethyl adjacent to an activating group) is 1. The lowest BCUT2D eigenvalue weighted by Gasteiger charge is -2.37. The summed E-state index contributed by atoms with van der Waals surface area (Å²) in [6, 6.07) is 0.667. The van der Waals surface area contributed by atoms with Crippen molar-refractivity contribution in [1.82, 2.24) is 4.90 Å². The SMILES string of the molecule is CN(CC(O)COC1CCC(C(C)(C)C)CC1)C1CCCCC1. The topological polar surface area (TPSA) is 32.7 Å². The zero-order valence-corrected chi connectivity index (χ0v) is 15.9. The molecule has 0 bridgehead atoms. The van der Waals surface area contributed by atoms with Crippen molar-refractivity contribution in [3.8, 4) is 0 Å². The molecule has 0 radical (unpaired) electrons. The maximum absolute atomic E-state index is 10.3. The minimum atomic E-state index is -0.345. The molecular weight excluding hydrogens is 286 g/mol. The van der Waals surface area contributed by atoms with Crippen LogP contribution in [0.4, 0.5) is 0 Å². The van der Waals surface area contributed by atoms with E-state index in [-0.39, 0.29) is 6.10 Å². The fourth-order valence-electron chi connectivity index (χ4n) is 4.40. The predicted octanol–water partition coefficient (Wildman–Crippen LogP) is 4.23. The molecule has 0 saturated heterocycles. The Labute approximate surface area is 143 Å². The van der Waals surface area contributed by atoms with Crippen LogP contribution in [-0.2, 0) is 4.74 Å². The number of ether oxygens (including phenoxy) is 1. The van der Waals surface area contributed by atoms with E-state index in [2.05, 4.69) is 32.7 Å². The van der Waals surface area contributed by atoms with Crippen molar-refractivity contribution in [3.05, 3.63) is 0 Å². The first-order chi connectivity index (χ1) is 10.9. The molecule has 2 rings (SSSR count). The number of rotatable bonds is 6. The first-order valence-corrected chi connectivity index (χ1v) is 9.86. The Morgan fingerprint density at radius 3 is 2.17 bits per heavy atom. The molecule has 0 aliphatic heterocycles. The van der Waals surface area contributed by atoms with Crippen LogP contribution in [0.1, 0.15) is 78.6 Å². The Balaban J connectivity index is 1.62. The highest BCUT2D eigenvalue weighted by Crippen LogP contribution is 2.38. The Morgan fingerprint density at radius 1 is 1.00 bits per heavy atom. The number of hydrogen-bond acceptors (Lipinski definition) is 3. The molecule has 0 aromatic heterocycles. The van der Waals surface area contributed by atoms with Gasteiger partial charge in [-0.1, -0.05) is 40.0 Å². The number of aliphatic hydroxyl groups is 1. The Morgan fingerprint density at radius 2 is 1.61 bits per heavy atom. The van der Waals surface area contributed by atoms with Crippen molar-refractivity contribution in [3.63, 3.8) is 0 Å². The number of aliphatic hydroxyl groups excluding tert-OH is 1. The van der Waals surface area contributed by atoms with E-state index in [9.17, 15) is 5.11 Å². The van der Waals surface area contributed by atoms with E-state index >= 15 is 0 Å². The third-order valence-electron chi connectivity index (χ3n) is 6.12. The van der Waals surface area contributed by atoms with Gasteiger partial charge in [0, 0.05) is 12.6 Å². The van der Waals surface area contributed by atoms with Crippen LogP contribution in [0.2, 0.25) is 0 Å². The molecule has 0 spiro atoms. The molecule has 136 valence electrons. The van der Waals surface area contributed by atoms with Gasteiger partial charge in [0.15, 0.2) is 0 Å². The van der Waals surface area contributed by atoms with E-state index in [0.717, 1.165) is 25.3 Å². The molecule has 1 N–H and O–H groups in total. The molecule has 0 heterocycles. The molecule has 1 atom stereocenters. The van der Waals surface area contributed by atoms with Crippen LogP contribution in [0.15, 0.2) is 0 Å². The summed E-state index contributed by atoms with van der Waals surface area (Å²) in [5, 5.41) is 10.3. The standard InChI is InChI=1S/C20H39NO2/c1-20(2,3)16-10-12-19(13-11-16)23-15-18(22)14-21(4)17-8-6-5-7-9-17/h16-19,22H,5-15H2,1-4H3. The summed E-state index contributed by atoms with van der Waals surface area (Å²) in [5.74, 6) is 0.824. The summed E-state index contributed by atoms with van der Waals surface area (Å²) in [6.07, 6.45) is 11.5. The highest BCUT2D eigenvalue weighted by Gasteiger charge is 2.30. The molecule has 23 heavy (non-hydrogen) atoms. The third-order valence-corrected chi connectivity index (χ3v) is 6.12. The van der Waals surface area contributed by atoms with Gasteiger partial charge in [0.25, 0.3) is 0 Å². The Kier molecular flexibility index (Phi) is 7.37. The number of hydrogen-bond donors (Lipinski definition) is 1. The molecule has 0 aromatic carbocycles. The average molecular weight is 326 g/mol. The van der Waals surface area contributed by atoms with E-state index in [1.54, 1.807) is 0 Å². The average Bonchev–Trinajstić information content (AvgIpc) is 2.53. The van der Waals surface area contributed by atoms with Gasteiger partial charge in [-0.25, -0.2) is 0 Å². The second-order valence-corrected chi connectivity index (χ2v) is 9.06. The second-order valence-electron chi connectivity index (χ2n) is 9.06. The maximum atomic E-state index is 10.3. The second kappa shape index (κ2) is 8.82. The first kappa shape index (κ1) is 19.2. The van der Waals surface area contributed by atoms with E-state index < -0.39 is 0 Å². The predicted molar refractivity (Wildman–Crippen MR) is 96.7 cm³/mol. The van der Waals surface area contributed by atoms with Gasteiger partial charge in [0.2, 0.25) is 0 Å². The molecule has 1 unspecified atom stereocenters. The van der Waals surface area contributed by atoms with E-state index in [1.807, 2.05) is 0 Å². The lowest BCUT2D eigenvalue weighted by Crippen LogP contribution is -2.40.